The third-order valence-electron chi connectivity index (χ3n) is 4.47. The van der Waals surface area contributed by atoms with E-state index in [1.54, 1.807) is 53.6 Å². The molecule has 10 nitrogen and oxygen atoms in total. The summed E-state index contributed by atoms with van der Waals surface area (Å²) in [5, 5.41) is 8.33. The van der Waals surface area contributed by atoms with Gasteiger partial charge < -0.3 is 20.7 Å². The Bertz CT molecular complexity index is 1200. The first kappa shape index (κ1) is 21.5. The first-order valence-corrected chi connectivity index (χ1v) is 10.1. The van der Waals surface area contributed by atoms with Gasteiger partial charge in [-0.1, -0.05) is 30.3 Å². The van der Waals surface area contributed by atoms with Crippen molar-refractivity contribution in [2.45, 2.75) is 6.61 Å². The number of hydrogen-bond donors (Lipinski definition) is 3. The molecule has 0 aliphatic carbocycles. The van der Waals surface area contributed by atoms with Crippen LogP contribution in [0.1, 0.15) is 5.56 Å². The zero-order valence-electron chi connectivity index (χ0n) is 17.5. The lowest BCUT2D eigenvalue weighted by molar-refractivity contribution is -0.115. The second kappa shape index (κ2) is 10.5. The summed E-state index contributed by atoms with van der Waals surface area (Å²) in [6, 6.07) is 18.2. The molecule has 33 heavy (non-hydrogen) atoms. The number of rotatable bonds is 8. The van der Waals surface area contributed by atoms with Crippen molar-refractivity contribution in [1.82, 2.24) is 24.8 Å². The topological polar surface area (TPSA) is 123 Å². The molecule has 0 aliphatic heterocycles. The molecule has 0 spiro atoms. The molecule has 2 heterocycles. The molecule has 166 valence electrons. The maximum Gasteiger partial charge on any atom is 0.407 e. The number of ether oxygens (including phenoxy) is 1. The summed E-state index contributed by atoms with van der Waals surface area (Å²) in [5.41, 5.74) is 2.24. The molecular weight excluding hydrogens is 422 g/mol. The van der Waals surface area contributed by atoms with E-state index in [1.165, 1.54) is 6.33 Å². The molecule has 0 saturated carbocycles. The highest BCUT2D eigenvalue weighted by atomic mass is 16.5. The van der Waals surface area contributed by atoms with Crippen molar-refractivity contribution in [1.29, 1.82) is 0 Å². The predicted octanol–water partition coefficient (Wildman–Crippen LogP) is 3.27. The van der Waals surface area contributed by atoms with Gasteiger partial charge in [-0.3, -0.25) is 9.36 Å². The second-order valence-electron chi connectivity index (χ2n) is 6.90. The maximum absolute atomic E-state index is 12.1. The van der Waals surface area contributed by atoms with E-state index in [0.717, 1.165) is 11.3 Å². The van der Waals surface area contributed by atoms with E-state index in [0.29, 0.717) is 17.3 Å². The molecular formula is C23H21N7O3. The summed E-state index contributed by atoms with van der Waals surface area (Å²) in [6.07, 6.45) is 5.92. The van der Waals surface area contributed by atoms with Crippen LogP contribution in [0, 0.1) is 0 Å². The molecule has 0 saturated heterocycles. The number of nitrogens with zero attached hydrogens (tertiary/aromatic N) is 4. The first-order chi connectivity index (χ1) is 16.2. The number of hydrogen-bond acceptors (Lipinski definition) is 7. The van der Waals surface area contributed by atoms with Gasteiger partial charge in [0.05, 0.1) is 0 Å². The average Bonchev–Trinajstić information content (AvgIpc) is 3.39. The normalized spacial score (nSPS) is 10.3. The van der Waals surface area contributed by atoms with E-state index in [-0.39, 0.29) is 19.1 Å². The SMILES string of the molecule is O=C(CNC(=O)OCc1ccccc1)Nc1ccc(Nc2cc(-n3ccnc3)ncn2)cc1. The molecule has 0 aliphatic rings. The Kier molecular flexibility index (Phi) is 6.86. The smallest absolute Gasteiger partial charge is 0.407 e. The molecule has 10 heteroatoms. The Morgan fingerprint density at radius 3 is 2.52 bits per heavy atom. The Hall–Kier alpha value is -4.73. The van der Waals surface area contributed by atoms with Crippen LogP contribution in [0.4, 0.5) is 22.0 Å². The molecule has 3 N–H and O–H groups in total. The fourth-order valence-electron chi connectivity index (χ4n) is 2.87. The Balaban J connectivity index is 1.23. The van der Waals surface area contributed by atoms with Crippen molar-refractivity contribution in [3.63, 3.8) is 0 Å². The summed E-state index contributed by atoms with van der Waals surface area (Å²) in [6.45, 7) is -0.0650. The minimum absolute atomic E-state index is 0.138. The van der Waals surface area contributed by atoms with E-state index in [1.807, 2.05) is 30.3 Å². The van der Waals surface area contributed by atoms with Crippen LogP contribution in [0.15, 0.2) is 85.7 Å². The maximum atomic E-state index is 12.1. The third-order valence-corrected chi connectivity index (χ3v) is 4.47. The number of amides is 2. The standard InChI is InChI=1S/C23H21N7O3/c31-22(13-25-23(32)33-14-17-4-2-1-3-5-17)29-19-8-6-18(7-9-19)28-20-12-21(27-15-26-20)30-11-10-24-16-30/h1-12,15-16H,13-14H2,(H,25,32)(H,29,31)(H,26,27,28). The first-order valence-electron chi connectivity index (χ1n) is 10.1. The number of carbonyl (C=O) groups is 2. The quantitative estimate of drug-likeness (QED) is 0.382. The number of imidazole rings is 1. The van der Waals surface area contributed by atoms with Crippen LogP contribution in [0.25, 0.3) is 5.82 Å². The van der Waals surface area contributed by atoms with Gasteiger partial charge in [0.1, 0.15) is 37.4 Å². The van der Waals surface area contributed by atoms with Crippen LogP contribution in [0.5, 0.6) is 0 Å². The fraction of sp³-hybridized carbons (Fsp3) is 0.0870. The van der Waals surface area contributed by atoms with Crippen LogP contribution >= 0.6 is 0 Å². The zero-order chi connectivity index (χ0) is 22.9. The molecule has 0 unspecified atom stereocenters. The van der Waals surface area contributed by atoms with Crippen molar-refractivity contribution in [3.05, 3.63) is 91.3 Å². The van der Waals surface area contributed by atoms with Crippen molar-refractivity contribution in [2.75, 3.05) is 17.2 Å². The highest BCUT2D eigenvalue weighted by Crippen LogP contribution is 2.18. The molecule has 0 radical (unpaired) electrons. The van der Waals surface area contributed by atoms with Crippen LogP contribution in [-0.2, 0) is 16.1 Å². The van der Waals surface area contributed by atoms with Crippen molar-refractivity contribution in [2.24, 2.45) is 0 Å². The minimum Gasteiger partial charge on any atom is -0.445 e. The van der Waals surface area contributed by atoms with Gasteiger partial charge in [-0.15, -0.1) is 0 Å². The van der Waals surface area contributed by atoms with Crippen LogP contribution < -0.4 is 16.0 Å². The molecule has 0 bridgehead atoms. The van der Waals surface area contributed by atoms with Gasteiger partial charge in [0, 0.05) is 29.8 Å². The van der Waals surface area contributed by atoms with Gasteiger partial charge >= 0.3 is 6.09 Å². The minimum atomic E-state index is -0.659. The van der Waals surface area contributed by atoms with Gasteiger partial charge in [0.25, 0.3) is 0 Å². The number of alkyl carbamates (subject to hydrolysis) is 1. The van der Waals surface area contributed by atoms with E-state index >= 15 is 0 Å². The summed E-state index contributed by atoms with van der Waals surface area (Å²) >= 11 is 0. The van der Waals surface area contributed by atoms with Crippen LogP contribution in [-0.4, -0.2) is 38.1 Å². The highest BCUT2D eigenvalue weighted by Gasteiger charge is 2.08. The number of nitrogens with one attached hydrogen (secondary N) is 3. The number of anilines is 3. The van der Waals surface area contributed by atoms with E-state index in [4.69, 9.17) is 4.74 Å². The molecule has 0 atom stereocenters. The monoisotopic (exact) mass is 443 g/mol. The highest BCUT2D eigenvalue weighted by molar-refractivity contribution is 5.94. The molecule has 4 aromatic rings. The Morgan fingerprint density at radius 2 is 1.76 bits per heavy atom. The van der Waals surface area contributed by atoms with Crippen molar-refractivity contribution < 1.29 is 14.3 Å². The van der Waals surface area contributed by atoms with Crippen LogP contribution in [0.3, 0.4) is 0 Å². The summed E-state index contributed by atoms with van der Waals surface area (Å²) in [4.78, 5) is 36.3. The largest absolute Gasteiger partial charge is 0.445 e. The summed E-state index contributed by atoms with van der Waals surface area (Å²) < 4.78 is 6.85. The van der Waals surface area contributed by atoms with Crippen LogP contribution in [0.2, 0.25) is 0 Å². The zero-order valence-corrected chi connectivity index (χ0v) is 17.5. The van der Waals surface area contributed by atoms with Gasteiger partial charge in [-0.05, 0) is 29.8 Å². The lowest BCUT2D eigenvalue weighted by atomic mass is 10.2. The Morgan fingerprint density at radius 1 is 0.970 bits per heavy atom. The molecule has 2 amide bonds. The van der Waals surface area contributed by atoms with Gasteiger partial charge in [0.15, 0.2) is 0 Å². The lowest BCUT2D eigenvalue weighted by Crippen LogP contribution is -2.33. The summed E-state index contributed by atoms with van der Waals surface area (Å²) in [7, 11) is 0. The molecule has 4 rings (SSSR count). The van der Waals surface area contributed by atoms with Gasteiger partial charge in [-0.25, -0.2) is 19.7 Å². The molecule has 2 aromatic heterocycles. The molecule has 0 fully saturated rings. The van der Waals surface area contributed by atoms with E-state index in [2.05, 4.69) is 30.9 Å². The van der Waals surface area contributed by atoms with E-state index in [9.17, 15) is 9.59 Å². The molecule has 2 aromatic carbocycles. The van der Waals surface area contributed by atoms with E-state index < -0.39 is 6.09 Å². The third kappa shape index (κ3) is 6.37. The van der Waals surface area contributed by atoms with Crippen molar-refractivity contribution in [3.8, 4) is 5.82 Å². The van der Waals surface area contributed by atoms with Crippen molar-refractivity contribution >= 4 is 29.2 Å². The fourth-order valence-corrected chi connectivity index (χ4v) is 2.87. The number of benzene rings is 2. The number of aromatic nitrogens is 4. The van der Waals surface area contributed by atoms with Gasteiger partial charge in [-0.2, -0.15) is 0 Å². The number of carbonyl (C=O) groups excluding carboxylic acids is 2. The lowest BCUT2D eigenvalue weighted by Gasteiger charge is -2.10. The van der Waals surface area contributed by atoms with Gasteiger partial charge in [0.2, 0.25) is 5.91 Å². The summed E-state index contributed by atoms with van der Waals surface area (Å²) in [5.74, 6) is 0.931. The predicted molar refractivity (Wildman–Crippen MR) is 122 cm³/mol. The average molecular weight is 443 g/mol. The second-order valence-corrected chi connectivity index (χ2v) is 6.90. The Labute approximate surface area is 189 Å².